The summed E-state index contributed by atoms with van der Waals surface area (Å²) in [6, 6.07) is 0. The van der Waals surface area contributed by atoms with Crippen molar-refractivity contribution in [1.29, 1.82) is 0 Å². The summed E-state index contributed by atoms with van der Waals surface area (Å²) in [6.07, 6.45) is 0. The van der Waals surface area contributed by atoms with E-state index in [0.29, 0.717) is 0 Å². The third-order valence-electron chi connectivity index (χ3n) is 0. The maximum Gasteiger partial charge on any atom is 3.00 e. The van der Waals surface area contributed by atoms with Gasteiger partial charge in [-0.05, 0) is 0 Å². The smallest absolute Gasteiger partial charge is 1.00 e. The van der Waals surface area contributed by atoms with Crippen molar-refractivity contribution in [2.45, 2.75) is 0 Å². The van der Waals surface area contributed by atoms with Crippen LogP contribution in [0.4, 0.5) is 0 Å². The van der Waals surface area contributed by atoms with Crippen LogP contribution >= 0.6 is 0 Å². The Kier molecular flexibility index (Phi) is 129. The average Bonchev–Trinajstić information content (AvgIpc) is 0. The molecule has 0 aliphatic rings. The molecule has 0 spiro atoms. The Hall–Kier alpha value is 2.70. The van der Waals surface area contributed by atoms with Crippen molar-refractivity contribution in [2.24, 2.45) is 0 Å². The van der Waals surface area contributed by atoms with Crippen molar-refractivity contribution < 1.29 is 88.7 Å². The third-order valence-corrected chi connectivity index (χ3v) is 0. The molecule has 0 aliphatic carbocycles. The van der Waals surface area contributed by atoms with Crippen LogP contribution in [0.1, 0.15) is 0 Å². The van der Waals surface area contributed by atoms with Crippen LogP contribution in [-0.2, 0) is 16.8 Å². The van der Waals surface area contributed by atoms with Crippen LogP contribution in [-0.4, -0.2) is 0 Å². The van der Waals surface area contributed by atoms with E-state index in [9.17, 15) is 0 Å². The van der Waals surface area contributed by atoms with E-state index in [4.69, 9.17) is 0 Å². The van der Waals surface area contributed by atoms with Gasteiger partial charge in [0.2, 0.25) is 0 Å². The Balaban J connectivity index is 0. The summed E-state index contributed by atoms with van der Waals surface area (Å²) >= 11 is 0. The van der Waals surface area contributed by atoms with Crippen molar-refractivity contribution in [2.75, 3.05) is 0 Å². The summed E-state index contributed by atoms with van der Waals surface area (Å²) in [4.78, 5) is 0. The predicted molar refractivity (Wildman–Crippen MR) is 0 cm³/mol. The molecule has 0 saturated carbocycles. The quantitative estimate of drug-likeness (QED) is 0.329. The van der Waals surface area contributed by atoms with Crippen LogP contribution in [0.3, 0.4) is 0 Å². The zero-order chi connectivity index (χ0) is 0. The van der Waals surface area contributed by atoms with Crippen molar-refractivity contribution in [3.8, 4) is 0 Å². The maximum absolute atomic E-state index is 0. The van der Waals surface area contributed by atoms with Gasteiger partial charge in [-0.1, -0.05) is 0 Å². The molecule has 0 amide bonds. The second-order valence-corrected chi connectivity index (χ2v) is 0. The van der Waals surface area contributed by atoms with Gasteiger partial charge in [-0.15, -0.1) is 0 Å². The standard InChI is InChI=1S/Co.3HI/h;3*1H/q+3;;;/p-3. The van der Waals surface area contributed by atoms with E-state index in [1.165, 1.54) is 0 Å². The largest absolute Gasteiger partial charge is 3.00 e. The van der Waals surface area contributed by atoms with Gasteiger partial charge in [0.1, 0.15) is 0 Å². The fourth-order valence-corrected chi connectivity index (χ4v) is 0. The maximum atomic E-state index is 0. The van der Waals surface area contributed by atoms with Crippen LogP contribution in [0.25, 0.3) is 0 Å². The molecule has 4 heavy (non-hydrogen) atoms. The van der Waals surface area contributed by atoms with E-state index in [1.54, 1.807) is 0 Å². The minimum atomic E-state index is 0. The summed E-state index contributed by atoms with van der Waals surface area (Å²) in [5, 5.41) is 0. The Labute approximate surface area is 87.1 Å². The van der Waals surface area contributed by atoms with Gasteiger partial charge in [-0.3, -0.25) is 0 Å². The van der Waals surface area contributed by atoms with Gasteiger partial charge in [0.15, 0.2) is 0 Å². The topological polar surface area (TPSA) is 0 Å². The fourth-order valence-electron chi connectivity index (χ4n) is 0. The molecule has 0 heterocycles. The van der Waals surface area contributed by atoms with E-state index in [1.807, 2.05) is 0 Å². The van der Waals surface area contributed by atoms with Gasteiger partial charge in [0.25, 0.3) is 0 Å². The van der Waals surface area contributed by atoms with Gasteiger partial charge in [-0.2, -0.15) is 0 Å². The molecule has 0 N–H and O–H groups in total. The molecule has 4 heteroatoms. The summed E-state index contributed by atoms with van der Waals surface area (Å²) < 4.78 is 0. The van der Waals surface area contributed by atoms with Gasteiger partial charge in [0, 0.05) is 0 Å². The minimum Gasteiger partial charge on any atom is -1.00 e. The van der Waals surface area contributed by atoms with Crippen LogP contribution < -0.4 is 71.9 Å². The molecule has 0 rings (SSSR count). The van der Waals surface area contributed by atoms with Gasteiger partial charge < -0.3 is 71.9 Å². The van der Waals surface area contributed by atoms with Gasteiger partial charge in [-0.25, -0.2) is 0 Å². The second-order valence-electron chi connectivity index (χ2n) is 0. The van der Waals surface area contributed by atoms with E-state index in [-0.39, 0.29) is 88.7 Å². The number of rotatable bonds is 0. The molecule has 30 valence electrons. The molecular weight excluding hydrogens is 440 g/mol. The first-order valence-electron chi connectivity index (χ1n) is 0. The zero-order valence-electron chi connectivity index (χ0n) is 1.47. The van der Waals surface area contributed by atoms with E-state index in [0.717, 1.165) is 0 Å². The summed E-state index contributed by atoms with van der Waals surface area (Å²) in [7, 11) is 0. The molecule has 0 aliphatic heterocycles. The van der Waals surface area contributed by atoms with Crippen molar-refractivity contribution in [3.05, 3.63) is 0 Å². The molecule has 0 aromatic heterocycles. The molecule has 0 aromatic carbocycles. The van der Waals surface area contributed by atoms with Crippen LogP contribution in [0, 0.1) is 0 Å². The molecule has 0 nitrogen and oxygen atoms in total. The Bertz CT molecular complexity index is 3.25. The predicted octanol–water partition coefficient (Wildman–Crippen LogP) is -8.99. The van der Waals surface area contributed by atoms with Crippen molar-refractivity contribution >= 4 is 0 Å². The molecule has 0 fully saturated rings. The minimum absolute atomic E-state index is 0. The Morgan fingerprint density at radius 1 is 0.500 bits per heavy atom. The number of hydrogen-bond donors (Lipinski definition) is 0. The molecule has 0 radical (unpaired) electrons. The Morgan fingerprint density at radius 3 is 0.500 bits per heavy atom. The van der Waals surface area contributed by atoms with E-state index < -0.39 is 0 Å². The summed E-state index contributed by atoms with van der Waals surface area (Å²) in [6.45, 7) is 0. The Morgan fingerprint density at radius 2 is 0.500 bits per heavy atom. The van der Waals surface area contributed by atoms with Crippen LogP contribution in [0.2, 0.25) is 0 Å². The summed E-state index contributed by atoms with van der Waals surface area (Å²) in [5.74, 6) is 0. The molecular formula is CoI3. The first-order chi connectivity index (χ1) is 0. The van der Waals surface area contributed by atoms with E-state index in [2.05, 4.69) is 0 Å². The number of halogens is 3. The molecule has 0 bridgehead atoms. The molecule has 0 atom stereocenters. The van der Waals surface area contributed by atoms with E-state index >= 15 is 0 Å². The number of hydrogen-bond acceptors (Lipinski definition) is 0. The molecule has 0 aromatic rings. The average molecular weight is 440 g/mol. The third kappa shape index (κ3) is 8.83. The monoisotopic (exact) mass is 440 g/mol. The SMILES string of the molecule is [Co+3].[I-].[I-].[I-]. The fraction of sp³-hybridized carbons (Fsp3) is 0. The zero-order valence-corrected chi connectivity index (χ0v) is 8.98. The van der Waals surface area contributed by atoms with Gasteiger partial charge >= 0.3 is 16.8 Å². The van der Waals surface area contributed by atoms with Crippen molar-refractivity contribution in [3.63, 3.8) is 0 Å². The normalized spacial score (nSPS) is 0. The van der Waals surface area contributed by atoms with Crippen LogP contribution in [0.5, 0.6) is 0 Å². The first kappa shape index (κ1) is 29.9. The van der Waals surface area contributed by atoms with Crippen molar-refractivity contribution in [1.82, 2.24) is 0 Å². The second kappa shape index (κ2) is 17.3. The molecule has 0 unspecified atom stereocenters. The summed E-state index contributed by atoms with van der Waals surface area (Å²) in [5.41, 5.74) is 0. The molecule has 0 saturated heterocycles. The van der Waals surface area contributed by atoms with Crippen LogP contribution in [0.15, 0.2) is 0 Å². The first-order valence-corrected chi connectivity index (χ1v) is 0. The van der Waals surface area contributed by atoms with Gasteiger partial charge in [0.05, 0.1) is 0 Å².